The Hall–Kier alpha value is -1.49. The summed E-state index contributed by atoms with van der Waals surface area (Å²) in [5.41, 5.74) is 1.56. The van der Waals surface area contributed by atoms with Gasteiger partial charge in [-0.25, -0.2) is 4.39 Å². The van der Waals surface area contributed by atoms with Gasteiger partial charge in [0.2, 0.25) is 0 Å². The molecule has 2 N–H and O–H groups in total. The van der Waals surface area contributed by atoms with E-state index in [-0.39, 0.29) is 11.9 Å². The van der Waals surface area contributed by atoms with Crippen LogP contribution in [0.2, 0.25) is 0 Å². The first-order valence-electron chi connectivity index (χ1n) is 7.00. The maximum atomic E-state index is 13.6. The molecule has 0 aliphatic heterocycles. The minimum Gasteiger partial charge on any atom is -0.356 e. The summed E-state index contributed by atoms with van der Waals surface area (Å²) in [7, 11) is 1.73. The van der Waals surface area contributed by atoms with E-state index < -0.39 is 0 Å². The molecule has 21 heavy (non-hydrogen) atoms. The smallest absolute Gasteiger partial charge is 0.191 e. The van der Waals surface area contributed by atoms with Crippen molar-refractivity contribution >= 4 is 17.7 Å². The van der Waals surface area contributed by atoms with Crippen molar-refractivity contribution in [3.8, 4) is 0 Å². The summed E-state index contributed by atoms with van der Waals surface area (Å²) < 4.78 is 13.6. The molecule has 0 fully saturated rings. The third-order valence-electron chi connectivity index (χ3n) is 3.05. The molecule has 1 atom stereocenters. The number of halogens is 1. The fourth-order valence-corrected chi connectivity index (χ4v) is 2.35. The highest BCUT2D eigenvalue weighted by Crippen LogP contribution is 2.16. The van der Waals surface area contributed by atoms with E-state index in [1.165, 1.54) is 0 Å². The molecule has 0 amide bonds. The van der Waals surface area contributed by atoms with Gasteiger partial charge < -0.3 is 10.6 Å². The Kier molecular flexibility index (Phi) is 7.90. The van der Waals surface area contributed by atoms with E-state index >= 15 is 0 Å². The highest BCUT2D eigenvalue weighted by Gasteiger charge is 2.09. The van der Waals surface area contributed by atoms with Gasteiger partial charge in [-0.05, 0) is 31.0 Å². The standard InChI is InChI=1S/C16H24FN3S/c1-5-9-21-10-8-19-16(18-4)20-13(3)14-7-6-12(2)15(17)11-14/h5-7,11,13H,1,8-10H2,2-4H3,(H2,18,19,20). The molecule has 5 heteroatoms. The Morgan fingerprint density at radius 3 is 2.90 bits per heavy atom. The second-order valence-corrected chi connectivity index (χ2v) is 5.89. The van der Waals surface area contributed by atoms with Gasteiger partial charge in [0, 0.05) is 25.1 Å². The van der Waals surface area contributed by atoms with Gasteiger partial charge in [-0.3, -0.25) is 4.99 Å². The number of rotatable bonds is 7. The zero-order valence-electron chi connectivity index (χ0n) is 12.9. The number of nitrogens with zero attached hydrogens (tertiary/aromatic N) is 1. The first-order valence-corrected chi connectivity index (χ1v) is 8.15. The molecule has 0 spiro atoms. The SMILES string of the molecule is C=CCSCCNC(=NC)NC(C)c1ccc(C)c(F)c1. The van der Waals surface area contributed by atoms with Crippen LogP contribution < -0.4 is 10.6 Å². The zero-order valence-corrected chi connectivity index (χ0v) is 13.8. The largest absolute Gasteiger partial charge is 0.356 e. The lowest BCUT2D eigenvalue weighted by Crippen LogP contribution is -2.39. The summed E-state index contributed by atoms with van der Waals surface area (Å²) in [6.45, 7) is 8.27. The van der Waals surface area contributed by atoms with Crippen LogP contribution in [-0.4, -0.2) is 31.1 Å². The number of hydrogen-bond acceptors (Lipinski definition) is 2. The molecule has 0 aromatic heterocycles. The van der Waals surface area contributed by atoms with Gasteiger partial charge in [-0.2, -0.15) is 11.8 Å². The van der Waals surface area contributed by atoms with Crippen molar-refractivity contribution in [2.24, 2.45) is 4.99 Å². The number of aliphatic imine (C=N–C) groups is 1. The molecule has 3 nitrogen and oxygen atoms in total. The van der Waals surface area contributed by atoms with Crippen molar-refractivity contribution in [1.82, 2.24) is 10.6 Å². The summed E-state index contributed by atoms with van der Waals surface area (Å²) in [5, 5.41) is 6.51. The van der Waals surface area contributed by atoms with Gasteiger partial charge in [0.15, 0.2) is 5.96 Å². The number of nitrogens with one attached hydrogen (secondary N) is 2. The van der Waals surface area contributed by atoms with E-state index in [0.717, 1.165) is 29.6 Å². The van der Waals surface area contributed by atoms with Crippen molar-refractivity contribution in [3.63, 3.8) is 0 Å². The fourth-order valence-electron chi connectivity index (χ4n) is 1.77. The average Bonchev–Trinajstić information content (AvgIpc) is 2.48. The summed E-state index contributed by atoms with van der Waals surface area (Å²) in [6, 6.07) is 5.29. The van der Waals surface area contributed by atoms with Crippen LogP contribution in [0, 0.1) is 12.7 Å². The number of hydrogen-bond donors (Lipinski definition) is 2. The molecule has 0 radical (unpaired) electrons. The monoisotopic (exact) mass is 309 g/mol. The van der Waals surface area contributed by atoms with Crippen LogP contribution in [-0.2, 0) is 0 Å². The van der Waals surface area contributed by atoms with Gasteiger partial charge in [-0.1, -0.05) is 18.2 Å². The molecule has 1 aromatic carbocycles. The third kappa shape index (κ3) is 6.21. The molecule has 0 aliphatic carbocycles. The molecule has 1 aromatic rings. The van der Waals surface area contributed by atoms with E-state index in [2.05, 4.69) is 22.2 Å². The zero-order chi connectivity index (χ0) is 15.7. The van der Waals surface area contributed by atoms with Crippen LogP contribution in [0.4, 0.5) is 4.39 Å². The van der Waals surface area contributed by atoms with Gasteiger partial charge in [0.1, 0.15) is 5.82 Å². The summed E-state index contributed by atoms with van der Waals surface area (Å²) >= 11 is 1.81. The molecular formula is C16H24FN3S. The quantitative estimate of drug-likeness (QED) is 0.351. The molecule has 0 saturated heterocycles. The van der Waals surface area contributed by atoms with Crippen molar-refractivity contribution in [2.45, 2.75) is 19.9 Å². The molecule has 116 valence electrons. The van der Waals surface area contributed by atoms with E-state index in [4.69, 9.17) is 0 Å². The molecule has 0 bridgehead atoms. The predicted molar refractivity (Wildman–Crippen MR) is 91.6 cm³/mol. The van der Waals surface area contributed by atoms with Crippen LogP contribution in [0.25, 0.3) is 0 Å². The van der Waals surface area contributed by atoms with Gasteiger partial charge in [0.25, 0.3) is 0 Å². The Balaban J connectivity index is 2.48. The number of benzene rings is 1. The van der Waals surface area contributed by atoms with Crippen molar-refractivity contribution in [3.05, 3.63) is 47.8 Å². The Labute approximate surface area is 131 Å². The predicted octanol–water partition coefficient (Wildman–Crippen LogP) is 3.28. The Bertz CT molecular complexity index is 488. The summed E-state index contributed by atoms with van der Waals surface area (Å²) in [4.78, 5) is 4.18. The third-order valence-corrected chi connectivity index (χ3v) is 4.01. The lowest BCUT2D eigenvalue weighted by atomic mass is 10.1. The van der Waals surface area contributed by atoms with E-state index in [9.17, 15) is 4.39 Å². The summed E-state index contributed by atoms with van der Waals surface area (Å²) in [6.07, 6.45) is 1.89. The number of thioether (sulfide) groups is 1. The lowest BCUT2D eigenvalue weighted by Gasteiger charge is -2.18. The second-order valence-electron chi connectivity index (χ2n) is 4.74. The molecule has 0 heterocycles. The Morgan fingerprint density at radius 1 is 1.52 bits per heavy atom. The maximum Gasteiger partial charge on any atom is 0.191 e. The first-order chi connectivity index (χ1) is 10.1. The second kappa shape index (κ2) is 9.45. The minimum atomic E-state index is -0.176. The van der Waals surface area contributed by atoms with Crippen molar-refractivity contribution in [1.29, 1.82) is 0 Å². The highest BCUT2D eigenvalue weighted by atomic mass is 32.2. The van der Waals surface area contributed by atoms with Crippen LogP contribution in [0.1, 0.15) is 24.1 Å². The number of aryl methyl sites for hydroxylation is 1. The lowest BCUT2D eigenvalue weighted by molar-refractivity contribution is 0.608. The topological polar surface area (TPSA) is 36.4 Å². The minimum absolute atomic E-state index is 0.00729. The van der Waals surface area contributed by atoms with Crippen LogP contribution in [0.3, 0.4) is 0 Å². The van der Waals surface area contributed by atoms with E-state index in [1.807, 2.05) is 30.8 Å². The van der Waals surface area contributed by atoms with Gasteiger partial charge in [-0.15, -0.1) is 6.58 Å². The summed E-state index contributed by atoms with van der Waals surface area (Å²) in [5.74, 6) is 2.49. The molecule has 1 rings (SSSR count). The van der Waals surface area contributed by atoms with Crippen LogP contribution in [0.15, 0.2) is 35.8 Å². The van der Waals surface area contributed by atoms with Crippen molar-refractivity contribution in [2.75, 3.05) is 25.1 Å². The first kappa shape index (κ1) is 17.6. The van der Waals surface area contributed by atoms with Crippen molar-refractivity contribution < 1.29 is 4.39 Å². The average molecular weight is 309 g/mol. The van der Waals surface area contributed by atoms with Crippen LogP contribution in [0.5, 0.6) is 0 Å². The van der Waals surface area contributed by atoms with Gasteiger partial charge in [0.05, 0.1) is 6.04 Å². The van der Waals surface area contributed by atoms with E-state index in [0.29, 0.717) is 5.56 Å². The van der Waals surface area contributed by atoms with E-state index in [1.54, 1.807) is 26.1 Å². The van der Waals surface area contributed by atoms with Gasteiger partial charge >= 0.3 is 0 Å². The molecular weight excluding hydrogens is 285 g/mol. The molecule has 0 aliphatic rings. The Morgan fingerprint density at radius 2 is 2.29 bits per heavy atom. The molecule has 1 unspecified atom stereocenters. The maximum absolute atomic E-state index is 13.6. The normalized spacial score (nSPS) is 12.9. The number of guanidine groups is 1. The molecule has 0 saturated carbocycles. The fraction of sp³-hybridized carbons (Fsp3) is 0.438. The highest BCUT2D eigenvalue weighted by molar-refractivity contribution is 7.99. The van der Waals surface area contributed by atoms with Crippen LogP contribution >= 0.6 is 11.8 Å².